The van der Waals surface area contributed by atoms with Crippen LogP contribution in [-0.4, -0.2) is 56.7 Å². The number of nitrogens with zero attached hydrogens (tertiary/aromatic N) is 2. The Morgan fingerprint density at radius 1 is 1.27 bits per heavy atom. The van der Waals surface area contributed by atoms with Crippen LogP contribution < -0.4 is 11.1 Å². The highest BCUT2D eigenvalue weighted by Crippen LogP contribution is 2.35. The third kappa shape index (κ3) is 5.60. The number of hydrogen-bond acceptors (Lipinski definition) is 9. The second-order valence-corrected chi connectivity index (χ2v) is 9.04. The number of benzene rings is 1. The Labute approximate surface area is 199 Å². The lowest BCUT2D eigenvalue weighted by Crippen LogP contribution is -2.62. The van der Waals surface area contributed by atoms with E-state index in [1.165, 1.54) is 6.20 Å². The number of halogens is 4. The third-order valence-electron chi connectivity index (χ3n) is 4.80. The molecule has 176 valence electrons. The zero-order valence-electron chi connectivity index (χ0n) is 16.6. The van der Waals surface area contributed by atoms with Crippen LogP contribution in [0.15, 0.2) is 40.0 Å². The summed E-state index contributed by atoms with van der Waals surface area (Å²) in [5.41, 5.74) is 4.49. The van der Waals surface area contributed by atoms with Gasteiger partial charge in [0, 0.05) is 27.3 Å². The van der Waals surface area contributed by atoms with Crippen LogP contribution >= 0.6 is 27.7 Å². The number of nitrogens with one attached hydrogen (secondary N) is 1. The van der Waals surface area contributed by atoms with Gasteiger partial charge in [0.1, 0.15) is 29.8 Å². The van der Waals surface area contributed by atoms with Gasteiger partial charge in [0.25, 0.3) is 0 Å². The molecule has 0 bridgehead atoms. The number of ether oxygens (including phenoxy) is 1. The van der Waals surface area contributed by atoms with Crippen molar-refractivity contribution >= 4 is 33.4 Å². The van der Waals surface area contributed by atoms with Crippen LogP contribution in [0.5, 0.6) is 0 Å². The predicted octanol–water partition coefficient (Wildman–Crippen LogP) is 1.58. The van der Waals surface area contributed by atoms with Crippen LogP contribution in [0.25, 0.3) is 5.70 Å². The first-order valence-electron chi connectivity index (χ1n) is 9.37. The molecule has 8 nitrogen and oxygen atoms in total. The van der Waals surface area contributed by atoms with Gasteiger partial charge in [-0.15, -0.1) is 0 Å². The Bertz CT molecular complexity index is 1080. The summed E-state index contributed by atoms with van der Waals surface area (Å²) in [4.78, 5) is 4.36. The first-order valence-corrected chi connectivity index (χ1v) is 11.0. The molecule has 3 rings (SSSR count). The Balaban J connectivity index is 1.84. The highest BCUT2D eigenvalue weighted by atomic mass is 79.9. The number of aromatic nitrogens is 1. The van der Waals surface area contributed by atoms with E-state index >= 15 is 0 Å². The molecule has 1 aliphatic heterocycles. The molecule has 0 spiro atoms. The van der Waals surface area contributed by atoms with E-state index in [2.05, 4.69) is 26.2 Å². The molecule has 13 heteroatoms. The van der Waals surface area contributed by atoms with Gasteiger partial charge in [-0.3, -0.25) is 0 Å². The lowest BCUT2D eigenvalue weighted by atomic mass is 9.97. The Hall–Kier alpha value is -2.34. The Morgan fingerprint density at radius 3 is 2.55 bits per heavy atom. The maximum Gasteiger partial charge on any atom is 0.194 e. The summed E-state index contributed by atoms with van der Waals surface area (Å²) >= 11 is 4.21. The predicted molar refractivity (Wildman–Crippen MR) is 116 cm³/mol. The van der Waals surface area contributed by atoms with Gasteiger partial charge in [-0.05, 0) is 34.1 Å². The SMILES string of the molecule is N#Cc1ncc(Br)cc1SC1OC(CO)C(O)C(N/C=C(\N)c2cc(F)c(F)c(F)c2)C1O. The molecule has 2 heterocycles. The fourth-order valence-electron chi connectivity index (χ4n) is 3.09. The minimum atomic E-state index is -1.64. The number of aliphatic hydroxyl groups is 3. The number of thioether (sulfide) groups is 1. The molecule has 33 heavy (non-hydrogen) atoms. The molecule has 6 N–H and O–H groups in total. The quantitative estimate of drug-likeness (QED) is 0.341. The third-order valence-corrected chi connectivity index (χ3v) is 6.42. The minimum Gasteiger partial charge on any atom is -0.397 e. The summed E-state index contributed by atoms with van der Waals surface area (Å²) in [6.07, 6.45) is -1.37. The van der Waals surface area contributed by atoms with Crippen molar-refractivity contribution < 1.29 is 33.2 Å². The summed E-state index contributed by atoms with van der Waals surface area (Å²) in [7, 11) is 0. The van der Waals surface area contributed by atoms with Crippen LogP contribution in [-0.2, 0) is 4.74 Å². The van der Waals surface area contributed by atoms with Gasteiger partial charge >= 0.3 is 0 Å². The standard InChI is InChI=1S/C20H18BrF3N4O4S/c21-9-3-15(13(4-25)27-5-9)33-20-19(31)17(18(30)14(7-29)32-20)28-6-12(26)8-1-10(22)16(24)11(23)2-8/h1-3,5-6,14,17-20,28-31H,7,26H2/b12-6-. The molecule has 0 aliphatic carbocycles. The van der Waals surface area contributed by atoms with Crippen LogP contribution in [0.3, 0.4) is 0 Å². The zero-order valence-corrected chi connectivity index (χ0v) is 19.0. The number of nitriles is 1. The van der Waals surface area contributed by atoms with Crippen molar-refractivity contribution in [2.75, 3.05) is 6.61 Å². The van der Waals surface area contributed by atoms with Crippen molar-refractivity contribution in [3.63, 3.8) is 0 Å². The molecule has 2 aromatic rings. The molecule has 1 aromatic heterocycles. The van der Waals surface area contributed by atoms with Crippen LogP contribution in [0.2, 0.25) is 0 Å². The molecule has 0 radical (unpaired) electrons. The van der Waals surface area contributed by atoms with Crippen molar-refractivity contribution in [1.82, 2.24) is 10.3 Å². The lowest BCUT2D eigenvalue weighted by molar-refractivity contribution is -0.164. The summed E-state index contributed by atoms with van der Waals surface area (Å²) in [5, 5.41) is 42.9. The van der Waals surface area contributed by atoms with Crippen molar-refractivity contribution in [2.45, 2.75) is 34.7 Å². The van der Waals surface area contributed by atoms with Gasteiger partial charge in [0.2, 0.25) is 0 Å². The van der Waals surface area contributed by atoms with E-state index in [1.807, 2.05) is 6.07 Å². The fourth-order valence-corrected chi connectivity index (χ4v) is 4.74. The van der Waals surface area contributed by atoms with Crippen LogP contribution in [0.1, 0.15) is 11.3 Å². The first kappa shape index (κ1) is 25.3. The van der Waals surface area contributed by atoms with E-state index in [-0.39, 0.29) is 17.0 Å². The topological polar surface area (TPSA) is 145 Å². The normalized spacial score (nSPS) is 25.5. The largest absolute Gasteiger partial charge is 0.397 e. The van der Waals surface area contributed by atoms with Crippen molar-refractivity contribution in [3.8, 4) is 6.07 Å². The van der Waals surface area contributed by atoms with Gasteiger partial charge in [0.15, 0.2) is 23.1 Å². The van der Waals surface area contributed by atoms with Gasteiger partial charge in [-0.2, -0.15) is 5.26 Å². The molecule has 1 fully saturated rings. The monoisotopic (exact) mass is 546 g/mol. The van der Waals surface area contributed by atoms with Gasteiger partial charge in [0.05, 0.1) is 18.3 Å². The van der Waals surface area contributed by atoms with Gasteiger partial charge in [-0.25, -0.2) is 18.2 Å². The van der Waals surface area contributed by atoms with Crippen LogP contribution in [0, 0.1) is 28.8 Å². The summed E-state index contributed by atoms with van der Waals surface area (Å²) in [6, 6.07) is 3.79. The average Bonchev–Trinajstić information content (AvgIpc) is 2.78. The smallest absolute Gasteiger partial charge is 0.194 e. The second kappa shape index (κ2) is 10.7. The van der Waals surface area contributed by atoms with Crippen molar-refractivity contribution in [2.24, 2.45) is 5.73 Å². The number of nitrogens with two attached hydrogens (primary N) is 1. The highest BCUT2D eigenvalue weighted by molar-refractivity contribution is 9.10. The molecule has 5 unspecified atom stereocenters. The number of rotatable bonds is 6. The maximum absolute atomic E-state index is 13.5. The van der Waals surface area contributed by atoms with Gasteiger partial charge < -0.3 is 31.1 Å². The summed E-state index contributed by atoms with van der Waals surface area (Å²) < 4.78 is 46.3. The second-order valence-electron chi connectivity index (χ2n) is 6.98. The van der Waals surface area contributed by atoms with Gasteiger partial charge in [-0.1, -0.05) is 11.8 Å². The van der Waals surface area contributed by atoms with E-state index in [0.29, 0.717) is 21.5 Å². The molecule has 1 aromatic carbocycles. The molecule has 1 aliphatic rings. The lowest BCUT2D eigenvalue weighted by Gasteiger charge is -2.42. The Morgan fingerprint density at radius 2 is 1.94 bits per heavy atom. The summed E-state index contributed by atoms with van der Waals surface area (Å²) in [6.45, 7) is -0.585. The number of aliphatic hydroxyl groups excluding tert-OH is 3. The van der Waals surface area contributed by atoms with E-state index in [0.717, 1.165) is 18.0 Å². The summed E-state index contributed by atoms with van der Waals surface area (Å²) in [5.74, 6) is -4.50. The van der Waals surface area contributed by atoms with Crippen molar-refractivity contribution in [1.29, 1.82) is 5.26 Å². The zero-order chi connectivity index (χ0) is 24.3. The first-order chi connectivity index (χ1) is 15.7. The fraction of sp³-hybridized carbons (Fsp3) is 0.300. The van der Waals surface area contributed by atoms with Crippen LogP contribution in [0.4, 0.5) is 13.2 Å². The average molecular weight is 547 g/mol. The molecule has 0 amide bonds. The van der Waals surface area contributed by atoms with E-state index < -0.39 is 53.8 Å². The molecule has 1 saturated heterocycles. The van der Waals surface area contributed by atoms with E-state index in [4.69, 9.17) is 10.5 Å². The maximum atomic E-state index is 13.5. The van der Waals surface area contributed by atoms with E-state index in [9.17, 15) is 33.8 Å². The number of pyridine rings is 1. The minimum absolute atomic E-state index is 0.0830. The molecular weight excluding hydrogens is 529 g/mol. The van der Waals surface area contributed by atoms with Crippen molar-refractivity contribution in [3.05, 3.63) is 63.8 Å². The number of hydrogen-bond donors (Lipinski definition) is 5. The molecular formula is C20H18BrF3N4O4S. The van der Waals surface area contributed by atoms with E-state index in [1.54, 1.807) is 6.07 Å². The highest BCUT2D eigenvalue weighted by Gasteiger charge is 2.44. The molecule has 5 atom stereocenters. The Kier molecular flexibility index (Phi) is 8.22. The molecule has 0 saturated carbocycles.